The highest BCUT2D eigenvalue weighted by Gasteiger charge is 2.25. The van der Waals surface area contributed by atoms with E-state index < -0.39 is 10.0 Å². The molecule has 5 heteroatoms. The van der Waals surface area contributed by atoms with E-state index in [0.717, 1.165) is 6.54 Å². The van der Waals surface area contributed by atoms with Crippen LogP contribution in [0.25, 0.3) is 0 Å². The summed E-state index contributed by atoms with van der Waals surface area (Å²) < 4.78 is 25.0. The first kappa shape index (κ1) is 11.7. The third-order valence-corrected chi connectivity index (χ3v) is 4.00. The Hall–Kier alpha value is -0.390. The van der Waals surface area contributed by atoms with Gasteiger partial charge in [0.25, 0.3) is 0 Å². The summed E-state index contributed by atoms with van der Waals surface area (Å²) in [7, 11) is -3.07. The molecule has 1 N–H and O–H groups in total. The summed E-state index contributed by atoms with van der Waals surface area (Å²) in [6.45, 7) is 5.74. The molecule has 0 aromatic carbocycles. The second kappa shape index (κ2) is 4.91. The van der Waals surface area contributed by atoms with Crippen LogP contribution in [0, 0.1) is 0 Å². The van der Waals surface area contributed by atoms with E-state index in [9.17, 15) is 8.42 Å². The van der Waals surface area contributed by atoms with Crippen molar-refractivity contribution in [3.05, 3.63) is 12.2 Å². The number of hydrogen-bond acceptors (Lipinski definition) is 3. The lowest BCUT2D eigenvalue weighted by atomic mass is 10.3. The van der Waals surface area contributed by atoms with Gasteiger partial charge in [0.1, 0.15) is 0 Å². The molecule has 1 rings (SSSR count). The van der Waals surface area contributed by atoms with E-state index in [2.05, 4.69) is 5.32 Å². The molecule has 0 radical (unpaired) electrons. The highest BCUT2D eigenvalue weighted by Crippen LogP contribution is 2.06. The van der Waals surface area contributed by atoms with E-state index in [1.807, 2.05) is 13.8 Å². The van der Waals surface area contributed by atoms with Crippen molar-refractivity contribution in [3.8, 4) is 0 Å². The number of piperazine rings is 1. The molecule has 0 aromatic heterocycles. The van der Waals surface area contributed by atoms with Gasteiger partial charge >= 0.3 is 0 Å². The quantitative estimate of drug-likeness (QED) is 0.688. The van der Waals surface area contributed by atoms with Crippen molar-refractivity contribution in [3.63, 3.8) is 0 Å². The summed E-state index contributed by atoms with van der Waals surface area (Å²) in [6.07, 6.45) is 3.45. The van der Waals surface area contributed by atoms with Crippen molar-refractivity contribution in [2.45, 2.75) is 19.9 Å². The van der Waals surface area contributed by atoms with Gasteiger partial charge in [-0.15, -0.1) is 0 Å². The Kier molecular flexibility index (Phi) is 4.10. The first-order chi connectivity index (χ1) is 6.56. The van der Waals surface area contributed by atoms with E-state index in [-0.39, 0.29) is 11.8 Å². The Morgan fingerprint density at radius 1 is 1.57 bits per heavy atom. The molecule has 14 heavy (non-hydrogen) atoms. The lowest BCUT2D eigenvalue weighted by Crippen LogP contribution is -2.51. The van der Waals surface area contributed by atoms with Crippen LogP contribution in [0.5, 0.6) is 0 Å². The number of hydrogen-bond donors (Lipinski definition) is 1. The monoisotopic (exact) mass is 218 g/mol. The fourth-order valence-electron chi connectivity index (χ4n) is 1.47. The van der Waals surface area contributed by atoms with E-state index in [4.69, 9.17) is 0 Å². The van der Waals surface area contributed by atoms with Crippen LogP contribution in [-0.2, 0) is 10.0 Å². The minimum Gasteiger partial charge on any atom is -0.312 e. The van der Waals surface area contributed by atoms with Crippen molar-refractivity contribution in [1.29, 1.82) is 0 Å². The van der Waals surface area contributed by atoms with Crippen LogP contribution in [0.15, 0.2) is 12.2 Å². The molecule has 1 unspecified atom stereocenters. The smallest absolute Gasteiger partial charge is 0.217 e. The molecule has 1 atom stereocenters. The molecule has 0 saturated carbocycles. The predicted molar refractivity (Wildman–Crippen MR) is 57.6 cm³/mol. The highest BCUT2D eigenvalue weighted by atomic mass is 32.2. The van der Waals surface area contributed by atoms with E-state index in [1.165, 1.54) is 0 Å². The minimum atomic E-state index is -3.07. The van der Waals surface area contributed by atoms with Gasteiger partial charge in [-0.1, -0.05) is 12.2 Å². The Balaban J connectivity index is 2.62. The second-order valence-electron chi connectivity index (χ2n) is 3.56. The normalized spacial score (nSPS) is 25.7. The Bertz CT molecular complexity index is 298. The van der Waals surface area contributed by atoms with Crippen molar-refractivity contribution >= 4 is 10.0 Å². The third-order valence-electron chi connectivity index (χ3n) is 2.27. The summed E-state index contributed by atoms with van der Waals surface area (Å²) in [5.74, 6) is 0.121. The van der Waals surface area contributed by atoms with E-state index in [0.29, 0.717) is 13.1 Å². The van der Waals surface area contributed by atoms with E-state index in [1.54, 1.807) is 16.5 Å². The molecule has 0 aliphatic carbocycles. The molecule has 4 nitrogen and oxygen atoms in total. The molecule has 0 bridgehead atoms. The lowest BCUT2D eigenvalue weighted by Gasteiger charge is -2.30. The zero-order valence-electron chi connectivity index (χ0n) is 8.73. The van der Waals surface area contributed by atoms with E-state index >= 15 is 0 Å². The first-order valence-corrected chi connectivity index (χ1v) is 6.49. The predicted octanol–water partition coefficient (Wildman–Crippen LogP) is 0.186. The van der Waals surface area contributed by atoms with Gasteiger partial charge in [0, 0.05) is 25.7 Å². The molecule has 0 aromatic rings. The lowest BCUT2D eigenvalue weighted by molar-refractivity contribution is 0.311. The number of allylic oxidation sites excluding steroid dienone is 1. The number of nitrogens with zero attached hydrogens (tertiary/aromatic N) is 1. The van der Waals surface area contributed by atoms with Crippen LogP contribution in [0.4, 0.5) is 0 Å². The maximum Gasteiger partial charge on any atom is 0.217 e. The van der Waals surface area contributed by atoms with Crippen LogP contribution in [0.3, 0.4) is 0 Å². The van der Waals surface area contributed by atoms with Gasteiger partial charge in [0.15, 0.2) is 0 Å². The van der Waals surface area contributed by atoms with Gasteiger partial charge in [0.2, 0.25) is 10.0 Å². The van der Waals surface area contributed by atoms with Gasteiger partial charge in [-0.2, -0.15) is 4.31 Å². The van der Waals surface area contributed by atoms with Gasteiger partial charge in [-0.3, -0.25) is 0 Å². The SMILES string of the molecule is C/C=C/CS(=O)(=O)N1CCNC(C)C1. The fraction of sp³-hybridized carbons (Fsp3) is 0.778. The highest BCUT2D eigenvalue weighted by molar-refractivity contribution is 7.89. The van der Waals surface area contributed by atoms with Crippen molar-refractivity contribution in [1.82, 2.24) is 9.62 Å². The zero-order valence-corrected chi connectivity index (χ0v) is 9.55. The third kappa shape index (κ3) is 3.08. The second-order valence-corrected chi connectivity index (χ2v) is 5.57. The molecule has 1 aliphatic heterocycles. The van der Waals surface area contributed by atoms with Crippen LogP contribution >= 0.6 is 0 Å². The van der Waals surface area contributed by atoms with Gasteiger partial charge in [-0.05, 0) is 13.8 Å². The van der Waals surface area contributed by atoms with Crippen LogP contribution in [-0.4, -0.2) is 44.2 Å². The largest absolute Gasteiger partial charge is 0.312 e. The summed E-state index contributed by atoms with van der Waals surface area (Å²) in [5.41, 5.74) is 0. The summed E-state index contributed by atoms with van der Waals surface area (Å²) >= 11 is 0. The van der Waals surface area contributed by atoms with Crippen LogP contribution in [0.2, 0.25) is 0 Å². The maximum absolute atomic E-state index is 11.7. The van der Waals surface area contributed by atoms with Crippen LogP contribution < -0.4 is 5.32 Å². The standard InChI is InChI=1S/C9H18N2O2S/c1-3-4-7-14(12,13)11-6-5-10-9(2)8-11/h3-4,9-10H,5-8H2,1-2H3/b4-3+. The first-order valence-electron chi connectivity index (χ1n) is 4.88. The molecule has 0 spiro atoms. The summed E-state index contributed by atoms with van der Waals surface area (Å²) in [4.78, 5) is 0. The minimum absolute atomic E-state index is 0.121. The topological polar surface area (TPSA) is 49.4 Å². The number of nitrogens with one attached hydrogen (secondary N) is 1. The Labute approximate surface area is 86.0 Å². The Morgan fingerprint density at radius 3 is 2.86 bits per heavy atom. The average molecular weight is 218 g/mol. The summed E-state index contributed by atoms with van der Waals surface area (Å²) in [5, 5.41) is 3.22. The molecule has 0 amide bonds. The molecular weight excluding hydrogens is 200 g/mol. The van der Waals surface area contributed by atoms with Gasteiger partial charge in [-0.25, -0.2) is 8.42 Å². The number of sulfonamides is 1. The molecule has 1 saturated heterocycles. The van der Waals surface area contributed by atoms with Crippen LogP contribution in [0.1, 0.15) is 13.8 Å². The zero-order chi connectivity index (χ0) is 10.6. The number of rotatable bonds is 3. The molecule has 1 fully saturated rings. The van der Waals surface area contributed by atoms with Gasteiger partial charge < -0.3 is 5.32 Å². The molecular formula is C9H18N2O2S. The molecule has 1 heterocycles. The van der Waals surface area contributed by atoms with Crippen molar-refractivity contribution in [2.24, 2.45) is 0 Å². The fourth-order valence-corrected chi connectivity index (χ4v) is 2.94. The maximum atomic E-state index is 11.7. The van der Waals surface area contributed by atoms with Crippen molar-refractivity contribution in [2.75, 3.05) is 25.4 Å². The molecule has 82 valence electrons. The van der Waals surface area contributed by atoms with Gasteiger partial charge in [0.05, 0.1) is 5.75 Å². The van der Waals surface area contributed by atoms with Crippen molar-refractivity contribution < 1.29 is 8.42 Å². The molecule has 1 aliphatic rings. The Morgan fingerprint density at radius 2 is 2.29 bits per heavy atom. The summed E-state index contributed by atoms with van der Waals surface area (Å²) in [6, 6.07) is 0.254. The average Bonchev–Trinajstić information content (AvgIpc) is 2.15.